The molecule has 0 saturated carbocycles. The summed E-state index contributed by atoms with van der Waals surface area (Å²) in [7, 11) is 1.91. The average molecular weight is 396 g/mol. The van der Waals surface area contributed by atoms with E-state index >= 15 is 0 Å². The first kappa shape index (κ1) is 19.6. The number of piperidine rings is 1. The van der Waals surface area contributed by atoms with Gasteiger partial charge in [-0.1, -0.05) is 29.4 Å². The highest BCUT2D eigenvalue weighted by Gasteiger charge is 2.44. The molecule has 2 aliphatic heterocycles. The van der Waals surface area contributed by atoms with Crippen LogP contribution in [-0.2, 0) is 23.2 Å². The zero-order valence-electron chi connectivity index (χ0n) is 17.0. The zero-order valence-corrected chi connectivity index (χ0v) is 17.0. The van der Waals surface area contributed by atoms with Crippen LogP contribution in [0.3, 0.4) is 0 Å². The first-order valence-corrected chi connectivity index (χ1v) is 10.2. The van der Waals surface area contributed by atoms with Crippen LogP contribution < -0.4 is 0 Å². The molecule has 7 nitrogen and oxygen atoms in total. The van der Waals surface area contributed by atoms with E-state index in [0.717, 1.165) is 42.0 Å². The fourth-order valence-electron chi connectivity index (χ4n) is 4.49. The van der Waals surface area contributed by atoms with Gasteiger partial charge in [0.05, 0.1) is 17.3 Å². The van der Waals surface area contributed by atoms with Gasteiger partial charge in [0, 0.05) is 43.8 Å². The number of carbonyl (C=O) groups is 1. The van der Waals surface area contributed by atoms with Crippen LogP contribution in [0.15, 0.2) is 41.8 Å². The summed E-state index contributed by atoms with van der Waals surface area (Å²) in [6, 6.07) is 8.10. The van der Waals surface area contributed by atoms with Crippen LogP contribution in [0.2, 0.25) is 0 Å². The number of carboxylic acid groups (broad SMARTS) is 1. The lowest BCUT2D eigenvalue weighted by atomic mass is 9.73. The largest absolute Gasteiger partial charge is 0.481 e. The lowest BCUT2D eigenvalue weighted by molar-refractivity contribution is -0.155. The molecule has 1 aromatic heterocycles. The molecule has 3 heterocycles. The number of hydrogen-bond acceptors (Lipinski definition) is 5. The number of likely N-dealkylation sites (tertiary alicyclic amines) is 1. The van der Waals surface area contributed by atoms with Gasteiger partial charge in [0.25, 0.3) is 0 Å². The van der Waals surface area contributed by atoms with Gasteiger partial charge in [-0.2, -0.15) is 5.10 Å². The molecule has 154 valence electrons. The third-order valence-corrected chi connectivity index (χ3v) is 6.24. The number of benzene rings is 1. The van der Waals surface area contributed by atoms with E-state index in [2.05, 4.69) is 28.1 Å². The minimum absolute atomic E-state index is 0.175. The molecule has 1 atom stereocenters. The highest BCUT2D eigenvalue weighted by atomic mass is 16.6. The number of nitrogens with zero attached hydrogens (tertiary/aromatic N) is 4. The number of aryl methyl sites for hydroxylation is 2. The van der Waals surface area contributed by atoms with E-state index in [1.807, 2.05) is 37.6 Å². The molecule has 1 fully saturated rings. The maximum atomic E-state index is 12.2. The third kappa shape index (κ3) is 4.19. The smallest absolute Gasteiger partial charge is 0.309 e. The Morgan fingerprint density at radius 1 is 1.31 bits per heavy atom. The number of aromatic nitrogens is 2. The molecule has 0 amide bonds. The zero-order chi connectivity index (χ0) is 20.4. The minimum atomic E-state index is -0.743. The Balaban J connectivity index is 1.37. The fourth-order valence-corrected chi connectivity index (χ4v) is 4.49. The summed E-state index contributed by atoms with van der Waals surface area (Å²) in [5.41, 5.74) is 3.58. The molecule has 0 spiro atoms. The van der Waals surface area contributed by atoms with Crippen molar-refractivity contribution >= 4 is 11.7 Å². The summed E-state index contributed by atoms with van der Waals surface area (Å²) in [5.74, 6) is -0.716. The van der Waals surface area contributed by atoms with Crippen molar-refractivity contribution < 1.29 is 14.7 Å². The second-order valence-electron chi connectivity index (χ2n) is 8.37. The predicted molar refractivity (Wildman–Crippen MR) is 110 cm³/mol. The highest BCUT2D eigenvalue weighted by molar-refractivity contribution is 6.02. The van der Waals surface area contributed by atoms with Gasteiger partial charge in [0.1, 0.15) is 6.10 Å². The standard InChI is InChI=1S/C22H28N4O3/c1-16-5-3-4-6-19(16)20-11-18(29-24-20)12-22(21(27)28)7-9-26(10-8-22)15-17-13-23-25(2)14-17/h3-6,13-14,18H,7-12,15H2,1-2H3,(H,27,28). The fraction of sp³-hybridized carbons (Fsp3) is 0.500. The van der Waals surface area contributed by atoms with Crippen LogP contribution >= 0.6 is 0 Å². The summed E-state index contributed by atoms with van der Waals surface area (Å²) in [6.45, 7) is 4.39. The van der Waals surface area contributed by atoms with Gasteiger partial charge in [-0.05, 0) is 38.4 Å². The summed E-state index contributed by atoms with van der Waals surface area (Å²) < 4.78 is 1.80. The summed E-state index contributed by atoms with van der Waals surface area (Å²) in [4.78, 5) is 20.2. The maximum Gasteiger partial charge on any atom is 0.309 e. The molecule has 2 aliphatic rings. The van der Waals surface area contributed by atoms with Crippen molar-refractivity contribution in [1.82, 2.24) is 14.7 Å². The number of hydrogen-bond donors (Lipinski definition) is 1. The van der Waals surface area contributed by atoms with Crippen molar-refractivity contribution in [2.75, 3.05) is 13.1 Å². The second-order valence-corrected chi connectivity index (χ2v) is 8.37. The van der Waals surface area contributed by atoms with E-state index < -0.39 is 11.4 Å². The summed E-state index contributed by atoms with van der Waals surface area (Å²) in [6.07, 6.45) is 6.13. The van der Waals surface area contributed by atoms with Crippen LogP contribution in [0.5, 0.6) is 0 Å². The Labute approximate surface area is 171 Å². The normalized spacial score (nSPS) is 21.6. The summed E-state index contributed by atoms with van der Waals surface area (Å²) in [5, 5.41) is 18.5. The van der Waals surface area contributed by atoms with E-state index in [0.29, 0.717) is 25.7 Å². The van der Waals surface area contributed by atoms with Gasteiger partial charge >= 0.3 is 5.97 Å². The van der Waals surface area contributed by atoms with Gasteiger partial charge in [-0.25, -0.2) is 0 Å². The Bertz CT molecular complexity index is 912. The molecule has 1 aromatic carbocycles. The van der Waals surface area contributed by atoms with Crippen LogP contribution in [0, 0.1) is 12.3 Å². The highest BCUT2D eigenvalue weighted by Crippen LogP contribution is 2.39. The van der Waals surface area contributed by atoms with Crippen molar-refractivity contribution in [3.63, 3.8) is 0 Å². The Morgan fingerprint density at radius 2 is 2.07 bits per heavy atom. The van der Waals surface area contributed by atoms with E-state index in [1.165, 1.54) is 0 Å². The second kappa shape index (κ2) is 7.99. The van der Waals surface area contributed by atoms with Gasteiger partial charge in [-0.15, -0.1) is 0 Å². The molecule has 0 aliphatic carbocycles. The van der Waals surface area contributed by atoms with E-state index in [9.17, 15) is 9.90 Å². The number of carboxylic acids is 1. The lowest BCUT2D eigenvalue weighted by Gasteiger charge is -2.39. The van der Waals surface area contributed by atoms with Crippen LogP contribution in [-0.4, -0.2) is 50.7 Å². The van der Waals surface area contributed by atoms with E-state index in [1.54, 1.807) is 4.68 Å². The molecule has 0 radical (unpaired) electrons. The van der Waals surface area contributed by atoms with Gasteiger partial charge < -0.3 is 9.94 Å². The predicted octanol–water partition coefficient (Wildman–Crippen LogP) is 2.98. The minimum Gasteiger partial charge on any atom is -0.481 e. The van der Waals surface area contributed by atoms with Crippen molar-refractivity contribution in [3.8, 4) is 0 Å². The lowest BCUT2D eigenvalue weighted by Crippen LogP contribution is -2.45. The summed E-state index contributed by atoms with van der Waals surface area (Å²) >= 11 is 0. The Morgan fingerprint density at radius 3 is 2.72 bits per heavy atom. The Hall–Kier alpha value is -2.67. The number of rotatable bonds is 6. The van der Waals surface area contributed by atoms with Crippen molar-refractivity contribution in [2.45, 2.75) is 45.3 Å². The number of oxime groups is 1. The maximum absolute atomic E-state index is 12.2. The molecule has 1 saturated heterocycles. The van der Waals surface area contributed by atoms with E-state index in [-0.39, 0.29) is 6.10 Å². The van der Waals surface area contributed by atoms with Crippen LogP contribution in [0.4, 0.5) is 0 Å². The SMILES string of the molecule is Cc1ccccc1C1=NOC(CC2(C(=O)O)CCN(Cc3cnn(C)c3)CC2)C1. The first-order chi connectivity index (χ1) is 13.9. The number of aliphatic carboxylic acids is 1. The molecule has 0 bridgehead atoms. The van der Waals surface area contributed by atoms with Gasteiger partial charge in [0.15, 0.2) is 0 Å². The van der Waals surface area contributed by atoms with E-state index in [4.69, 9.17) is 4.84 Å². The van der Waals surface area contributed by atoms with Crippen molar-refractivity contribution in [1.29, 1.82) is 0 Å². The van der Waals surface area contributed by atoms with Crippen LogP contribution in [0.25, 0.3) is 0 Å². The first-order valence-electron chi connectivity index (χ1n) is 10.2. The molecule has 2 aromatic rings. The Kier molecular flexibility index (Phi) is 5.41. The van der Waals surface area contributed by atoms with Gasteiger partial charge in [-0.3, -0.25) is 14.4 Å². The van der Waals surface area contributed by atoms with Crippen molar-refractivity contribution in [3.05, 3.63) is 53.3 Å². The molecule has 7 heteroatoms. The van der Waals surface area contributed by atoms with Gasteiger partial charge in [0.2, 0.25) is 0 Å². The molecule has 29 heavy (non-hydrogen) atoms. The topological polar surface area (TPSA) is 80.0 Å². The molecule has 1 unspecified atom stereocenters. The average Bonchev–Trinajstić information content (AvgIpc) is 3.32. The molecule has 4 rings (SSSR count). The van der Waals surface area contributed by atoms with Crippen molar-refractivity contribution in [2.24, 2.45) is 17.6 Å². The third-order valence-electron chi connectivity index (χ3n) is 6.24. The molecule has 1 N–H and O–H groups in total. The quantitative estimate of drug-likeness (QED) is 0.812. The molecular formula is C22H28N4O3. The monoisotopic (exact) mass is 396 g/mol. The molecular weight excluding hydrogens is 368 g/mol. The van der Waals surface area contributed by atoms with Crippen LogP contribution in [0.1, 0.15) is 42.4 Å².